The van der Waals surface area contributed by atoms with E-state index in [2.05, 4.69) is 0 Å². The molecule has 0 radical (unpaired) electrons. The minimum atomic E-state index is -3.41. The van der Waals surface area contributed by atoms with E-state index in [1.54, 1.807) is 27.7 Å². The van der Waals surface area contributed by atoms with Gasteiger partial charge < -0.3 is 13.8 Å². The Bertz CT molecular complexity index is 286. The maximum Gasteiger partial charge on any atom is 0.345 e. The lowest BCUT2D eigenvalue weighted by molar-refractivity contribution is -0.138. The molecular formula is C10H19O5P. The quantitative estimate of drug-likeness (QED) is 0.553. The first kappa shape index (κ1) is 13.7. The topological polar surface area (TPSA) is 61.8 Å². The van der Waals surface area contributed by atoms with Crippen LogP contribution in [0.25, 0.3) is 0 Å². The standard InChI is InChI=1S/C10H19O5P/c1-7(2)14-16(12,15-8(3)4)9-5-6-13-10(9)11/h7-9H,5-6H2,1-4H3. The minimum absolute atomic E-state index is 0.252. The minimum Gasteiger partial charge on any atom is -0.465 e. The molecule has 0 aromatic carbocycles. The third-order valence-corrected chi connectivity index (χ3v) is 4.67. The number of hydrogen-bond donors (Lipinski definition) is 0. The molecule has 6 heteroatoms. The lowest BCUT2D eigenvalue weighted by Gasteiger charge is -2.25. The average Bonchev–Trinajstić information content (AvgIpc) is 2.48. The number of hydrogen-bond acceptors (Lipinski definition) is 5. The molecule has 0 amide bonds. The fourth-order valence-electron chi connectivity index (χ4n) is 1.53. The lowest BCUT2D eigenvalue weighted by Crippen LogP contribution is -2.22. The van der Waals surface area contributed by atoms with Crippen LogP contribution in [0.15, 0.2) is 0 Å². The number of ether oxygens (including phenoxy) is 1. The van der Waals surface area contributed by atoms with Gasteiger partial charge in [-0.2, -0.15) is 0 Å². The summed E-state index contributed by atoms with van der Waals surface area (Å²) in [7, 11) is -3.41. The molecule has 1 unspecified atom stereocenters. The molecule has 1 aliphatic rings. The van der Waals surface area contributed by atoms with Crippen LogP contribution in [-0.2, 0) is 23.1 Å². The normalized spacial score (nSPS) is 21.9. The van der Waals surface area contributed by atoms with Crippen LogP contribution in [-0.4, -0.2) is 30.4 Å². The fourth-order valence-corrected chi connectivity index (χ4v) is 3.81. The van der Waals surface area contributed by atoms with Crippen LogP contribution >= 0.6 is 7.60 Å². The maximum atomic E-state index is 12.5. The molecular weight excluding hydrogens is 231 g/mol. The first-order valence-electron chi connectivity index (χ1n) is 5.48. The van der Waals surface area contributed by atoms with Crippen molar-refractivity contribution in [1.29, 1.82) is 0 Å². The Morgan fingerprint density at radius 3 is 2.06 bits per heavy atom. The largest absolute Gasteiger partial charge is 0.465 e. The number of rotatable bonds is 5. The van der Waals surface area contributed by atoms with Crippen molar-refractivity contribution < 1.29 is 23.1 Å². The van der Waals surface area contributed by atoms with Gasteiger partial charge in [0.1, 0.15) is 0 Å². The van der Waals surface area contributed by atoms with E-state index < -0.39 is 19.2 Å². The Morgan fingerprint density at radius 1 is 1.25 bits per heavy atom. The average molecular weight is 250 g/mol. The van der Waals surface area contributed by atoms with Gasteiger partial charge in [-0.05, 0) is 27.7 Å². The third kappa shape index (κ3) is 3.30. The van der Waals surface area contributed by atoms with Gasteiger partial charge in [-0.15, -0.1) is 0 Å². The van der Waals surface area contributed by atoms with E-state index in [4.69, 9.17) is 13.8 Å². The first-order chi connectivity index (χ1) is 7.35. The van der Waals surface area contributed by atoms with Gasteiger partial charge in [0, 0.05) is 6.42 Å². The van der Waals surface area contributed by atoms with Crippen molar-refractivity contribution in [3.05, 3.63) is 0 Å². The Balaban J connectivity index is 2.85. The molecule has 1 atom stereocenters. The molecule has 94 valence electrons. The number of carbonyl (C=O) groups excluding carboxylic acids is 1. The molecule has 1 heterocycles. The van der Waals surface area contributed by atoms with Gasteiger partial charge in [-0.25, -0.2) is 0 Å². The Hall–Kier alpha value is -0.380. The van der Waals surface area contributed by atoms with Gasteiger partial charge in [0.15, 0.2) is 5.66 Å². The molecule has 0 spiro atoms. The van der Waals surface area contributed by atoms with Crippen molar-refractivity contribution in [1.82, 2.24) is 0 Å². The molecule has 0 saturated carbocycles. The van der Waals surface area contributed by atoms with Crippen molar-refractivity contribution in [3.8, 4) is 0 Å². The van der Waals surface area contributed by atoms with E-state index >= 15 is 0 Å². The van der Waals surface area contributed by atoms with E-state index in [0.717, 1.165) is 0 Å². The Morgan fingerprint density at radius 2 is 1.75 bits per heavy atom. The second-order valence-corrected chi connectivity index (χ2v) is 6.44. The SMILES string of the molecule is CC(C)OP(=O)(OC(C)C)C1CCOC1=O. The molecule has 0 aromatic heterocycles. The van der Waals surface area contributed by atoms with E-state index in [0.29, 0.717) is 6.42 Å². The molecule has 0 N–H and O–H groups in total. The van der Waals surface area contributed by atoms with Crippen molar-refractivity contribution in [2.24, 2.45) is 0 Å². The molecule has 1 saturated heterocycles. The van der Waals surface area contributed by atoms with Crippen LogP contribution in [0.2, 0.25) is 0 Å². The molecule has 0 bridgehead atoms. The van der Waals surface area contributed by atoms with E-state index in [9.17, 15) is 9.36 Å². The van der Waals surface area contributed by atoms with Crippen LogP contribution in [0.5, 0.6) is 0 Å². The summed E-state index contributed by atoms with van der Waals surface area (Å²) in [5.41, 5.74) is -0.766. The fraction of sp³-hybridized carbons (Fsp3) is 0.900. The zero-order chi connectivity index (χ0) is 12.3. The first-order valence-corrected chi connectivity index (χ1v) is 7.09. The lowest BCUT2D eigenvalue weighted by atomic mass is 10.4. The summed E-state index contributed by atoms with van der Waals surface area (Å²) in [5.74, 6) is -0.482. The van der Waals surface area contributed by atoms with Gasteiger partial charge in [-0.1, -0.05) is 0 Å². The highest BCUT2D eigenvalue weighted by atomic mass is 31.2. The highest BCUT2D eigenvalue weighted by Crippen LogP contribution is 2.57. The van der Waals surface area contributed by atoms with E-state index in [1.807, 2.05) is 0 Å². The molecule has 1 rings (SSSR count). The Kier molecular flexibility index (Phi) is 4.53. The maximum absolute atomic E-state index is 12.5. The summed E-state index contributed by atoms with van der Waals surface area (Å²) < 4.78 is 28.0. The molecule has 1 aliphatic heterocycles. The van der Waals surface area contributed by atoms with Crippen LogP contribution in [0, 0.1) is 0 Å². The predicted molar refractivity (Wildman–Crippen MR) is 59.4 cm³/mol. The monoisotopic (exact) mass is 250 g/mol. The van der Waals surface area contributed by atoms with Gasteiger partial charge in [-0.3, -0.25) is 9.36 Å². The zero-order valence-corrected chi connectivity index (χ0v) is 11.0. The van der Waals surface area contributed by atoms with Gasteiger partial charge >= 0.3 is 13.6 Å². The van der Waals surface area contributed by atoms with Gasteiger partial charge in [0.05, 0.1) is 18.8 Å². The summed E-state index contributed by atoms with van der Waals surface area (Å²) >= 11 is 0. The summed E-state index contributed by atoms with van der Waals surface area (Å²) in [6, 6.07) is 0. The molecule has 16 heavy (non-hydrogen) atoms. The second kappa shape index (κ2) is 5.30. The number of carbonyl (C=O) groups is 1. The molecule has 0 aliphatic carbocycles. The summed E-state index contributed by atoms with van der Waals surface area (Å²) in [6.45, 7) is 7.33. The van der Waals surface area contributed by atoms with E-state index in [1.165, 1.54) is 0 Å². The third-order valence-electron chi connectivity index (χ3n) is 2.00. The highest BCUT2D eigenvalue weighted by molar-refractivity contribution is 7.55. The zero-order valence-electron chi connectivity index (χ0n) is 10.1. The van der Waals surface area contributed by atoms with Crippen molar-refractivity contribution in [2.45, 2.75) is 52.0 Å². The number of esters is 1. The summed E-state index contributed by atoms with van der Waals surface area (Å²) in [5, 5.41) is 0. The van der Waals surface area contributed by atoms with Crippen LogP contribution in [0.4, 0.5) is 0 Å². The summed E-state index contributed by atoms with van der Waals surface area (Å²) in [6.07, 6.45) is -0.105. The van der Waals surface area contributed by atoms with E-state index in [-0.39, 0.29) is 18.8 Å². The van der Waals surface area contributed by atoms with Gasteiger partial charge in [0.2, 0.25) is 0 Å². The predicted octanol–water partition coefficient (Wildman–Crippen LogP) is 2.35. The van der Waals surface area contributed by atoms with Crippen molar-refractivity contribution in [3.63, 3.8) is 0 Å². The molecule has 1 fully saturated rings. The molecule has 5 nitrogen and oxygen atoms in total. The smallest absolute Gasteiger partial charge is 0.345 e. The van der Waals surface area contributed by atoms with Crippen LogP contribution < -0.4 is 0 Å². The van der Waals surface area contributed by atoms with Crippen molar-refractivity contribution in [2.75, 3.05) is 6.61 Å². The second-order valence-electron chi connectivity index (χ2n) is 4.32. The van der Waals surface area contributed by atoms with Crippen LogP contribution in [0.3, 0.4) is 0 Å². The number of cyclic esters (lactones) is 1. The molecule has 0 aromatic rings. The van der Waals surface area contributed by atoms with Crippen molar-refractivity contribution >= 4 is 13.6 Å². The Labute approximate surface area is 96.0 Å². The van der Waals surface area contributed by atoms with Gasteiger partial charge in [0.25, 0.3) is 0 Å². The van der Waals surface area contributed by atoms with Crippen LogP contribution in [0.1, 0.15) is 34.1 Å². The highest BCUT2D eigenvalue weighted by Gasteiger charge is 2.46. The summed E-state index contributed by atoms with van der Waals surface area (Å²) in [4.78, 5) is 11.4.